The number of nitrogens with two attached hydrogens (primary N) is 1. The van der Waals surface area contributed by atoms with Gasteiger partial charge in [-0.05, 0) is 30.7 Å². The highest BCUT2D eigenvalue weighted by molar-refractivity contribution is 6.35. The molecule has 0 aliphatic rings. The van der Waals surface area contributed by atoms with Crippen molar-refractivity contribution >= 4 is 28.4 Å². The molecule has 5 heteroatoms. The number of hydrogen-bond acceptors (Lipinski definition) is 3. The predicted molar refractivity (Wildman–Crippen MR) is 63.1 cm³/mol. The van der Waals surface area contributed by atoms with Gasteiger partial charge >= 0.3 is 0 Å². The number of rotatable bonds is 1. The number of halogens is 1. The summed E-state index contributed by atoms with van der Waals surface area (Å²) in [5.74, 6) is 4.69. The van der Waals surface area contributed by atoms with Crippen LogP contribution in [0.1, 0.15) is 15.9 Å². The molecular weight excluding hydrogens is 226 g/mol. The van der Waals surface area contributed by atoms with Crippen molar-refractivity contribution in [2.75, 3.05) is 0 Å². The van der Waals surface area contributed by atoms with E-state index < -0.39 is 0 Å². The second kappa shape index (κ2) is 4.08. The van der Waals surface area contributed by atoms with Gasteiger partial charge in [0.15, 0.2) is 0 Å². The van der Waals surface area contributed by atoms with Gasteiger partial charge in [0, 0.05) is 11.6 Å². The zero-order chi connectivity index (χ0) is 11.7. The first-order valence-electron chi connectivity index (χ1n) is 4.68. The van der Waals surface area contributed by atoms with E-state index in [-0.39, 0.29) is 5.91 Å². The lowest BCUT2D eigenvalue weighted by Gasteiger charge is -2.04. The standard InChI is InChI=1S/C11H10ClN3O/c1-6-2-7-4-8(11(16)15-13)5-14-10(7)9(12)3-6/h2-5H,13H2,1H3,(H,15,16). The van der Waals surface area contributed by atoms with Crippen LogP contribution in [-0.4, -0.2) is 10.9 Å². The highest BCUT2D eigenvalue weighted by Gasteiger charge is 2.07. The highest BCUT2D eigenvalue weighted by Crippen LogP contribution is 2.23. The molecule has 0 radical (unpaired) electrons. The van der Waals surface area contributed by atoms with Crippen molar-refractivity contribution in [2.24, 2.45) is 5.84 Å². The SMILES string of the molecule is Cc1cc(Cl)c2ncc(C(=O)NN)cc2c1. The van der Waals surface area contributed by atoms with Crippen LogP contribution in [-0.2, 0) is 0 Å². The molecule has 1 aromatic carbocycles. The molecule has 0 saturated carbocycles. The van der Waals surface area contributed by atoms with Gasteiger partial charge in [-0.15, -0.1) is 0 Å². The number of aryl methyl sites for hydroxylation is 1. The van der Waals surface area contributed by atoms with Crippen molar-refractivity contribution in [2.45, 2.75) is 6.92 Å². The van der Waals surface area contributed by atoms with Crippen molar-refractivity contribution in [3.63, 3.8) is 0 Å². The minimum absolute atomic E-state index is 0.368. The van der Waals surface area contributed by atoms with Crippen molar-refractivity contribution in [3.05, 3.63) is 40.5 Å². The van der Waals surface area contributed by atoms with Gasteiger partial charge in [0.1, 0.15) is 0 Å². The van der Waals surface area contributed by atoms with E-state index in [0.29, 0.717) is 16.1 Å². The smallest absolute Gasteiger partial charge is 0.266 e. The Hall–Kier alpha value is -1.65. The molecule has 1 aromatic heterocycles. The third kappa shape index (κ3) is 1.85. The number of amides is 1. The fourth-order valence-electron chi connectivity index (χ4n) is 1.55. The molecule has 0 unspecified atom stereocenters. The Morgan fingerprint density at radius 3 is 2.88 bits per heavy atom. The first kappa shape index (κ1) is 10.9. The van der Waals surface area contributed by atoms with Crippen LogP contribution in [0.4, 0.5) is 0 Å². The Bertz CT molecular complexity index is 568. The summed E-state index contributed by atoms with van der Waals surface area (Å²) in [6, 6.07) is 5.46. The highest BCUT2D eigenvalue weighted by atomic mass is 35.5. The third-order valence-electron chi connectivity index (χ3n) is 2.27. The summed E-state index contributed by atoms with van der Waals surface area (Å²) in [5.41, 5.74) is 4.18. The van der Waals surface area contributed by atoms with Crippen LogP contribution in [0.15, 0.2) is 24.4 Å². The van der Waals surface area contributed by atoms with Gasteiger partial charge in [-0.2, -0.15) is 0 Å². The maximum atomic E-state index is 11.3. The molecule has 0 saturated heterocycles. The molecule has 3 N–H and O–H groups in total. The van der Waals surface area contributed by atoms with Gasteiger partial charge in [-0.3, -0.25) is 15.2 Å². The molecule has 0 aliphatic heterocycles. The van der Waals surface area contributed by atoms with E-state index in [1.54, 1.807) is 6.07 Å². The first-order chi connectivity index (χ1) is 7.61. The van der Waals surface area contributed by atoms with E-state index in [9.17, 15) is 4.79 Å². The Balaban J connectivity index is 2.66. The second-order valence-corrected chi connectivity index (χ2v) is 3.92. The Morgan fingerprint density at radius 1 is 1.44 bits per heavy atom. The average Bonchev–Trinajstić information content (AvgIpc) is 2.27. The number of hydrogen-bond donors (Lipinski definition) is 2. The van der Waals surface area contributed by atoms with Gasteiger partial charge in [0.2, 0.25) is 0 Å². The van der Waals surface area contributed by atoms with Crippen LogP contribution in [0, 0.1) is 6.92 Å². The molecule has 1 amide bonds. The van der Waals surface area contributed by atoms with E-state index in [1.165, 1.54) is 6.20 Å². The number of pyridine rings is 1. The summed E-state index contributed by atoms with van der Waals surface area (Å²) in [6.07, 6.45) is 1.45. The second-order valence-electron chi connectivity index (χ2n) is 3.52. The van der Waals surface area contributed by atoms with Crippen LogP contribution in [0.25, 0.3) is 10.9 Å². The molecule has 0 bridgehead atoms. The lowest BCUT2D eigenvalue weighted by atomic mass is 10.1. The normalized spacial score (nSPS) is 10.4. The average molecular weight is 236 g/mol. The van der Waals surface area contributed by atoms with Gasteiger partial charge in [0.05, 0.1) is 16.1 Å². The van der Waals surface area contributed by atoms with Crippen LogP contribution in [0.3, 0.4) is 0 Å². The zero-order valence-corrected chi connectivity index (χ0v) is 9.38. The predicted octanol–water partition coefficient (Wildman–Crippen LogP) is 1.80. The maximum Gasteiger partial charge on any atom is 0.266 e. The quantitative estimate of drug-likeness (QED) is 0.450. The number of carbonyl (C=O) groups excluding carboxylic acids is 1. The fraction of sp³-hybridized carbons (Fsp3) is 0.0909. The van der Waals surface area contributed by atoms with E-state index in [2.05, 4.69) is 10.4 Å². The summed E-state index contributed by atoms with van der Waals surface area (Å²) >= 11 is 6.04. The summed E-state index contributed by atoms with van der Waals surface area (Å²) < 4.78 is 0. The summed E-state index contributed by atoms with van der Waals surface area (Å²) in [4.78, 5) is 15.5. The first-order valence-corrected chi connectivity index (χ1v) is 5.06. The van der Waals surface area contributed by atoms with Crippen LogP contribution >= 0.6 is 11.6 Å². The topological polar surface area (TPSA) is 68.0 Å². The monoisotopic (exact) mass is 235 g/mol. The molecule has 0 fully saturated rings. The largest absolute Gasteiger partial charge is 0.290 e. The van der Waals surface area contributed by atoms with Gasteiger partial charge in [0.25, 0.3) is 5.91 Å². The molecule has 82 valence electrons. The Labute approximate surface area is 97.4 Å². The number of nitrogens with one attached hydrogen (secondary N) is 1. The van der Waals surface area contributed by atoms with Crippen LogP contribution in [0.5, 0.6) is 0 Å². The van der Waals surface area contributed by atoms with Crippen molar-refractivity contribution in [3.8, 4) is 0 Å². The van der Waals surface area contributed by atoms with Crippen molar-refractivity contribution in [1.29, 1.82) is 0 Å². The summed E-state index contributed by atoms with van der Waals surface area (Å²) in [7, 11) is 0. The van der Waals surface area contributed by atoms with E-state index >= 15 is 0 Å². The lowest BCUT2D eigenvalue weighted by molar-refractivity contribution is 0.0953. The molecule has 0 aliphatic carbocycles. The van der Waals surface area contributed by atoms with Crippen LogP contribution in [0.2, 0.25) is 5.02 Å². The fourth-order valence-corrected chi connectivity index (χ4v) is 1.88. The third-order valence-corrected chi connectivity index (χ3v) is 2.56. The molecule has 16 heavy (non-hydrogen) atoms. The number of benzene rings is 1. The van der Waals surface area contributed by atoms with E-state index in [0.717, 1.165) is 10.9 Å². The van der Waals surface area contributed by atoms with Crippen molar-refractivity contribution in [1.82, 2.24) is 10.4 Å². The molecule has 2 aromatic rings. The number of aromatic nitrogens is 1. The number of nitrogen functional groups attached to an aromatic ring is 1. The molecule has 1 heterocycles. The molecule has 0 spiro atoms. The zero-order valence-electron chi connectivity index (χ0n) is 8.62. The molecule has 2 rings (SSSR count). The number of hydrazine groups is 1. The minimum atomic E-state index is -0.368. The molecule has 4 nitrogen and oxygen atoms in total. The Kier molecular flexibility index (Phi) is 2.77. The van der Waals surface area contributed by atoms with Crippen LogP contribution < -0.4 is 11.3 Å². The summed E-state index contributed by atoms with van der Waals surface area (Å²) in [5, 5.41) is 1.40. The lowest BCUT2D eigenvalue weighted by Crippen LogP contribution is -2.30. The summed E-state index contributed by atoms with van der Waals surface area (Å²) in [6.45, 7) is 1.93. The van der Waals surface area contributed by atoms with Crippen molar-refractivity contribution < 1.29 is 4.79 Å². The number of fused-ring (bicyclic) bond motifs is 1. The van der Waals surface area contributed by atoms with E-state index in [4.69, 9.17) is 17.4 Å². The molecular formula is C11H10ClN3O. The molecule has 0 atom stereocenters. The van der Waals surface area contributed by atoms with E-state index in [1.807, 2.05) is 19.1 Å². The Morgan fingerprint density at radius 2 is 2.19 bits per heavy atom. The number of carbonyl (C=O) groups is 1. The van der Waals surface area contributed by atoms with Gasteiger partial charge in [-0.1, -0.05) is 11.6 Å². The minimum Gasteiger partial charge on any atom is -0.290 e. The van der Waals surface area contributed by atoms with Gasteiger partial charge in [-0.25, -0.2) is 5.84 Å². The maximum absolute atomic E-state index is 11.3. The number of nitrogens with zero attached hydrogens (tertiary/aromatic N) is 1. The van der Waals surface area contributed by atoms with Gasteiger partial charge < -0.3 is 0 Å².